The number of hydrogen-bond donors (Lipinski definition) is 1. The van der Waals surface area contributed by atoms with Gasteiger partial charge in [-0.15, -0.1) is 0 Å². The zero-order valence-corrected chi connectivity index (χ0v) is 13.9. The summed E-state index contributed by atoms with van der Waals surface area (Å²) in [6.07, 6.45) is -4.72. The lowest BCUT2D eigenvalue weighted by Crippen LogP contribution is -2.39. The standard InChI is InChI=1S/C16H16F3NO6/c1-24-14(22)10-7-26-8-20(13(10)15(23)25-2)12-5-3-4-11(9(12)6-21)16(17,18)19/h3-5,21H,6-8H2,1-2H3. The van der Waals surface area contributed by atoms with Crippen LogP contribution in [-0.4, -0.2) is 44.6 Å². The van der Waals surface area contributed by atoms with Crippen LogP contribution in [0.2, 0.25) is 0 Å². The molecule has 1 aliphatic heterocycles. The second kappa shape index (κ2) is 7.75. The number of alkyl halides is 3. The summed E-state index contributed by atoms with van der Waals surface area (Å²) in [5.41, 5.74) is -2.17. The molecule has 0 fully saturated rings. The minimum Gasteiger partial charge on any atom is -0.466 e. The van der Waals surface area contributed by atoms with Crippen molar-refractivity contribution in [2.75, 3.05) is 32.5 Å². The van der Waals surface area contributed by atoms with E-state index in [-0.39, 0.29) is 30.3 Å². The Morgan fingerprint density at radius 2 is 1.88 bits per heavy atom. The average molecular weight is 375 g/mol. The first-order valence-corrected chi connectivity index (χ1v) is 7.31. The second-order valence-corrected chi connectivity index (χ2v) is 5.18. The molecule has 0 aliphatic carbocycles. The fourth-order valence-corrected chi connectivity index (χ4v) is 2.59. The highest BCUT2D eigenvalue weighted by atomic mass is 19.4. The number of nitrogens with zero attached hydrogens (tertiary/aromatic N) is 1. The number of carbonyl (C=O) groups excluding carboxylic acids is 2. The van der Waals surface area contributed by atoms with Crippen molar-refractivity contribution in [1.29, 1.82) is 0 Å². The zero-order valence-electron chi connectivity index (χ0n) is 13.9. The fraction of sp³-hybridized carbons (Fsp3) is 0.375. The van der Waals surface area contributed by atoms with Crippen molar-refractivity contribution in [1.82, 2.24) is 0 Å². The number of anilines is 1. The Labute approximate surface area is 146 Å². The number of halogens is 3. The van der Waals surface area contributed by atoms with Gasteiger partial charge in [0.15, 0.2) is 0 Å². The van der Waals surface area contributed by atoms with Crippen molar-refractivity contribution in [3.63, 3.8) is 0 Å². The van der Waals surface area contributed by atoms with Crippen LogP contribution in [0.4, 0.5) is 18.9 Å². The number of aliphatic hydroxyl groups excluding tert-OH is 1. The summed E-state index contributed by atoms with van der Waals surface area (Å²) in [7, 11) is 2.16. The first-order valence-electron chi connectivity index (χ1n) is 7.31. The Hall–Kier alpha value is -2.59. The molecule has 1 aromatic carbocycles. The van der Waals surface area contributed by atoms with Crippen LogP contribution in [0.5, 0.6) is 0 Å². The average Bonchev–Trinajstić information content (AvgIpc) is 2.64. The number of rotatable bonds is 4. The third kappa shape index (κ3) is 3.65. The Kier molecular flexibility index (Phi) is 5.88. The van der Waals surface area contributed by atoms with Gasteiger partial charge in [0, 0.05) is 11.3 Å². The number of methoxy groups -OCH3 is 2. The largest absolute Gasteiger partial charge is 0.466 e. The van der Waals surface area contributed by atoms with E-state index in [1.54, 1.807) is 0 Å². The number of aliphatic hydroxyl groups is 1. The summed E-state index contributed by atoms with van der Waals surface area (Å²) in [6, 6.07) is 3.20. The maximum atomic E-state index is 13.2. The number of ether oxygens (including phenoxy) is 3. The summed E-state index contributed by atoms with van der Waals surface area (Å²) in [5, 5.41) is 9.51. The van der Waals surface area contributed by atoms with E-state index in [0.717, 1.165) is 31.3 Å². The summed E-state index contributed by atoms with van der Waals surface area (Å²) >= 11 is 0. The van der Waals surface area contributed by atoms with Gasteiger partial charge in [-0.3, -0.25) is 0 Å². The first kappa shape index (κ1) is 19.7. The predicted octanol–water partition coefficient (Wildman–Crippen LogP) is 1.59. The van der Waals surface area contributed by atoms with Crippen molar-refractivity contribution in [2.24, 2.45) is 0 Å². The smallest absolute Gasteiger partial charge is 0.416 e. The van der Waals surface area contributed by atoms with Crippen LogP contribution in [0.15, 0.2) is 29.5 Å². The van der Waals surface area contributed by atoms with Crippen LogP contribution < -0.4 is 4.90 Å². The molecule has 0 radical (unpaired) electrons. The van der Waals surface area contributed by atoms with E-state index < -0.39 is 35.8 Å². The Balaban J connectivity index is 2.69. The quantitative estimate of drug-likeness (QED) is 0.800. The Bertz CT molecular complexity index is 744. The molecule has 2 rings (SSSR count). The van der Waals surface area contributed by atoms with Crippen LogP contribution in [0.25, 0.3) is 0 Å². The Morgan fingerprint density at radius 3 is 2.42 bits per heavy atom. The number of esters is 2. The molecule has 7 nitrogen and oxygen atoms in total. The molecular formula is C16H16F3NO6. The summed E-state index contributed by atoms with van der Waals surface area (Å²) < 4.78 is 54.1. The summed E-state index contributed by atoms with van der Waals surface area (Å²) in [4.78, 5) is 25.2. The van der Waals surface area contributed by atoms with E-state index in [9.17, 15) is 27.9 Å². The van der Waals surface area contributed by atoms with Crippen LogP contribution in [-0.2, 0) is 36.6 Å². The van der Waals surface area contributed by atoms with Crippen molar-refractivity contribution in [3.05, 3.63) is 40.6 Å². The molecule has 1 N–H and O–H groups in total. The van der Waals surface area contributed by atoms with Gasteiger partial charge in [0.25, 0.3) is 0 Å². The van der Waals surface area contributed by atoms with Crippen molar-refractivity contribution in [2.45, 2.75) is 12.8 Å². The molecule has 0 unspecified atom stereocenters. The maximum Gasteiger partial charge on any atom is 0.416 e. The van der Waals surface area contributed by atoms with Gasteiger partial charge in [-0.25, -0.2) is 9.59 Å². The SMILES string of the molecule is COC(=O)C1=C(C(=O)OC)N(c2cccc(C(F)(F)F)c2CO)COC1. The third-order valence-corrected chi connectivity index (χ3v) is 3.74. The summed E-state index contributed by atoms with van der Waals surface area (Å²) in [5.74, 6) is -1.83. The van der Waals surface area contributed by atoms with Gasteiger partial charge < -0.3 is 24.2 Å². The van der Waals surface area contributed by atoms with E-state index in [0.29, 0.717) is 0 Å². The van der Waals surface area contributed by atoms with Gasteiger partial charge in [0.05, 0.1) is 38.6 Å². The molecule has 142 valence electrons. The van der Waals surface area contributed by atoms with Gasteiger partial charge in [-0.2, -0.15) is 13.2 Å². The zero-order chi connectivity index (χ0) is 19.5. The number of carbonyl (C=O) groups is 2. The van der Waals surface area contributed by atoms with E-state index in [2.05, 4.69) is 9.47 Å². The highest BCUT2D eigenvalue weighted by Gasteiger charge is 2.37. The van der Waals surface area contributed by atoms with Gasteiger partial charge in [0.1, 0.15) is 12.4 Å². The van der Waals surface area contributed by atoms with Crippen molar-refractivity contribution in [3.8, 4) is 0 Å². The molecule has 26 heavy (non-hydrogen) atoms. The molecule has 1 aromatic rings. The predicted molar refractivity (Wildman–Crippen MR) is 81.7 cm³/mol. The molecule has 0 atom stereocenters. The number of hydrogen-bond acceptors (Lipinski definition) is 7. The van der Waals surface area contributed by atoms with Gasteiger partial charge in [0.2, 0.25) is 0 Å². The second-order valence-electron chi connectivity index (χ2n) is 5.18. The van der Waals surface area contributed by atoms with Crippen LogP contribution in [0, 0.1) is 0 Å². The monoisotopic (exact) mass is 375 g/mol. The van der Waals surface area contributed by atoms with E-state index in [4.69, 9.17) is 4.74 Å². The first-order chi connectivity index (χ1) is 12.3. The van der Waals surface area contributed by atoms with Gasteiger partial charge >= 0.3 is 18.1 Å². The fourth-order valence-electron chi connectivity index (χ4n) is 2.59. The molecule has 0 saturated carbocycles. The maximum absolute atomic E-state index is 13.2. The molecule has 0 spiro atoms. The lowest BCUT2D eigenvalue weighted by Gasteiger charge is -2.33. The van der Waals surface area contributed by atoms with Crippen molar-refractivity contribution < 1.29 is 42.1 Å². The van der Waals surface area contributed by atoms with Crippen LogP contribution >= 0.6 is 0 Å². The normalized spacial score (nSPS) is 15.1. The lowest BCUT2D eigenvalue weighted by molar-refractivity contribution is -0.140. The van der Waals surface area contributed by atoms with E-state index >= 15 is 0 Å². The van der Waals surface area contributed by atoms with E-state index in [1.807, 2.05) is 0 Å². The molecule has 10 heteroatoms. The molecule has 0 saturated heterocycles. The number of benzene rings is 1. The molecule has 1 aliphatic rings. The molecule has 0 bridgehead atoms. The highest BCUT2D eigenvalue weighted by Crippen LogP contribution is 2.38. The third-order valence-electron chi connectivity index (χ3n) is 3.74. The lowest BCUT2D eigenvalue weighted by atomic mass is 10.0. The molecule has 0 amide bonds. The van der Waals surface area contributed by atoms with Crippen LogP contribution in [0.3, 0.4) is 0 Å². The Morgan fingerprint density at radius 1 is 1.23 bits per heavy atom. The topological polar surface area (TPSA) is 85.3 Å². The van der Waals surface area contributed by atoms with Gasteiger partial charge in [-0.05, 0) is 12.1 Å². The minimum absolute atomic E-state index is 0.135. The molecular weight excluding hydrogens is 359 g/mol. The summed E-state index contributed by atoms with van der Waals surface area (Å²) in [6.45, 7) is -1.54. The van der Waals surface area contributed by atoms with Gasteiger partial charge in [-0.1, -0.05) is 6.07 Å². The van der Waals surface area contributed by atoms with Crippen molar-refractivity contribution >= 4 is 17.6 Å². The highest BCUT2D eigenvalue weighted by molar-refractivity contribution is 6.03. The molecule has 0 aromatic heterocycles. The van der Waals surface area contributed by atoms with Crippen LogP contribution in [0.1, 0.15) is 11.1 Å². The minimum atomic E-state index is -4.72. The van der Waals surface area contributed by atoms with E-state index in [1.165, 1.54) is 6.07 Å². The molecule has 1 heterocycles.